The zero-order valence-corrected chi connectivity index (χ0v) is 14.9. The molecule has 0 saturated heterocycles. The molecular weight excluding hydrogens is 333 g/mol. The summed E-state index contributed by atoms with van der Waals surface area (Å²) in [5.74, 6) is -0.799. The molecule has 3 rings (SSSR count). The van der Waals surface area contributed by atoms with Crippen LogP contribution < -0.4 is 10.7 Å². The van der Waals surface area contributed by atoms with Crippen LogP contribution in [0.2, 0.25) is 0 Å². The first-order valence-electron chi connectivity index (χ1n) is 8.80. The number of hydrogen-bond donors (Lipinski definition) is 2. The molecule has 26 heavy (non-hydrogen) atoms. The number of rotatable bonds is 6. The van der Waals surface area contributed by atoms with Gasteiger partial charge in [-0.15, -0.1) is 0 Å². The van der Waals surface area contributed by atoms with Crippen LogP contribution in [-0.4, -0.2) is 42.0 Å². The van der Waals surface area contributed by atoms with Crippen LogP contribution in [0.3, 0.4) is 0 Å². The van der Waals surface area contributed by atoms with Gasteiger partial charge in [0, 0.05) is 23.9 Å². The van der Waals surface area contributed by atoms with Crippen molar-refractivity contribution in [1.29, 1.82) is 0 Å². The number of fused-ring (bicyclic) bond motifs is 2. The molecule has 0 unspecified atom stereocenters. The minimum absolute atomic E-state index is 0.119. The fourth-order valence-corrected chi connectivity index (χ4v) is 3.14. The van der Waals surface area contributed by atoms with Gasteiger partial charge in [0.15, 0.2) is 5.43 Å². The highest BCUT2D eigenvalue weighted by atomic mass is 19.1. The SMILES string of the molecule is CCN(CC)CCNC(=O)c1cccc2c(=O)c3cccc(F)c3[nH]c12. The highest BCUT2D eigenvalue weighted by Crippen LogP contribution is 2.20. The maximum atomic E-state index is 14.1. The van der Waals surface area contributed by atoms with E-state index in [2.05, 4.69) is 29.0 Å². The smallest absolute Gasteiger partial charge is 0.253 e. The average molecular weight is 355 g/mol. The summed E-state index contributed by atoms with van der Waals surface area (Å²) in [5.41, 5.74) is 0.527. The fraction of sp³-hybridized carbons (Fsp3) is 0.300. The lowest BCUT2D eigenvalue weighted by Crippen LogP contribution is -2.35. The monoisotopic (exact) mass is 355 g/mol. The van der Waals surface area contributed by atoms with Gasteiger partial charge < -0.3 is 15.2 Å². The predicted molar refractivity (Wildman–Crippen MR) is 102 cm³/mol. The van der Waals surface area contributed by atoms with Crippen LogP contribution in [0.15, 0.2) is 41.2 Å². The van der Waals surface area contributed by atoms with Gasteiger partial charge in [-0.1, -0.05) is 26.0 Å². The van der Waals surface area contributed by atoms with Gasteiger partial charge in [0.25, 0.3) is 5.91 Å². The third-order valence-electron chi connectivity index (χ3n) is 4.67. The topological polar surface area (TPSA) is 65.2 Å². The Labute approximate surface area is 150 Å². The minimum atomic E-state index is -0.516. The van der Waals surface area contributed by atoms with E-state index in [4.69, 9.17) is 0 Å². The predicted octanol–water partition coefficient (Wildman–Crippen LogP) is 2.89. The van der Waals surface area contributed by atoms with E-state index >= 15 is 0 Å². The van der Waals surface area contributed by atoms with Gasteiger partial charge in [0.05, 0.1) is 16.6 Å². The first kappa shape index (κ1) is 18.1. The summed E-state index contributed by atoms with van der Waals surface area (Å²) < 4.78 is 14.1. The summed E-state index contributed by atoms with van der Waals surface area (Å²) in [4.78, 5) is 30.4. The minimum Gasteiger partial charge on any atom is -0.351 e. The molecule has 0 spiro atoms. The number of H-pyrrole nitrogens is 1. The van der Waals surface area contributed by atoms with Crippen molar-refractivity contribution >= 4 is 27.7 Å². The molecule has 1 aromatic heterocycles. The maximum absolute atomic E-state index is 14.1. The van der Waals surface area contributed by atoms with Crippen molar-refractivity contribution in [2.24, 2.45) is 0 Å². The second-order valence-corrected chi connectivity index (χ2v) is 6.13. The Bertz CT molecular complexity index is 1010. The Morgan fingerprint density at radius 3 is 2.42 bits per heavy atom. The number of aromatic nitrogens is 1. The molecule has 0 saturated carbocycles. The van der Waals surface area contributed by atoms with E-state index in [1.165, 1.54) is 12.1 Å². The molecule has 0 fully saturated rings. The number of amides is 1. The largest absolute Gasteiger partial charge is 0.351 e. The maximum Gasteiger partial charge on any atom is 0.253 e. The highest BCUT2D eigenvalue weighted by Gasteiger charge is 2.15. The summed E-state index contributed by atoms with van der Waals surface area (Å²) >= 11 is 0. The van der Waals surface area contributed by atoms with Crippen LogP contribution in [0.4, 0.5) is 4.39 Å². The third kappa shape index (κ3) is 3.32. The van der Waals surface area contributed by atoms with Gasteiger partial charge in [-0.25, -0.2) is 4.39 Å². The molecule has 3 aromatic rings. The van der Waals surface area contributed by atoms with Gasteiger partial charge in [0.1, 0.15) is 5.82 Å². The second kappa shape index (κ2) is 7.66. The molecular formula is C20H22FN3O2. The van der Waals surface area contributed by atoms with Crippen molar-refractivity contribution in [2.45, 2.75) is 13.8 Å². The number of nitrogens with one attached hydrogen (secondary N) is 2. The van der Waals surface area contributed by atoms with Gasteiger partial charge in [-0.05, 0) is 37.4 Å². The number of carbonyl (C=O) groups excluding carboxylic acids is 1. The van der Waals surface area contributed by atoms with Gasteiger partial charge in [0.2, 0.25) is 0 Å². The lowest BCUT2D eigenvalue weighted by atomic mass is 10.1. The Hall–Kier alpha value is -2.73. The molecule has 6 heteroatoms. The van der Waals surface area contributed by atoms with Crippen molar-refractivity contribution < 1.29 is 9.18 Å². The van der Waals surface area contributed by atoms with Crippen LogP contribution in [0.5, 0.6) is 0 Å². The summed E-state index contributed by atoms with van der Waals surface area (Å²) in [6.07, 6.45) is 0. The lowest BCUT2D eigenvalue weighted by Gasteiger charge is -2.18. The molecule has 0 aliphatic carbocycles. The molecule has 136 valence electrons. The average Bonchev–Trinajstić information content (AvgIpc) is 2.66. The quantitative estimate of drug-likeness (QED) is 0.668. The summed E-state index contributed by atoms with van der Waals surface area (Å²) in [7, 11) is 0. The summed E-state index contributed by atoms with van der Waals surface area (Å²) in [6, 6.07) is 9.32. The van der Waals surface area contributed by atoms with Gasteiger partial charge in [-0.2, -0.15) is 0 Å². The van der Waals surface area contributed by atoms with Gasteiger partial charge in [-0.3, -0.25) is 9.59 Å². The molecule has 1 amide bonds. The van der Waals surface area contributed by atoms with Crippen LogP contribution in [0, 0.1) is 5.82 Å². The van der Waals surface area contributed by atoms with Crippen LogP contribution in [-0.2, 0) is 0 Å². The molecule has 1 heterocycles. The third-order valence-corrected chi connectivity index (χ3v) is 4.67. The summed E-state index contributed by atoms with van der Waals surface area (Å²) in [6.45, 7) is 7.22. The molecule has 0 atom stereocenters. The van der Waals surface area contributed by atoms with Crippen molar-refractivity contribution in [2.75, 3.05) is 26.2 Å². The van der Waals surface area contributed by atoms with E-state index in [1.807, 2.05) is 0 Å². The van der Waals surface area contributed by atoms with Crippen molar-refractivity contribution in [3.8, 4) is 0 Å². The Balaban J connectivity index is 1.99. The van der Waals surface area contributed by atoms with E-state index in [1.54, 1.807) is 24.3 Å². The fourth-order valence-electron chi connectivity index (χ4n) is 3.14. The first-order chi connectivity index (χ1) is 12.6. The molecule has 0 aliphatic heterocycles. The van der Waals surface area contributed by atoms with Crippen LogP contribution in [0.1, 0.15) is 24.2 Å². The van der Waals surface area contributed by atoms with Crippen LogP contribution >= 0.6 is 0 Å². The standard InChI is InChI=1S/C20H22FN3O2/c1-3-24(4-2)12-11-22-20(26)15-9-5-7-13-17(15)23-18-14(19(13)25)8-6-10-16(18)21/h5-10H,3-4,11-12H2,1-2H3,(H,22,26)(H,23,25). The molecule has 5 nitrogen and oxygen atoms in total. The van der Waals surface area contributed by atoms with Gasteiger partial charge >= 0.3 is 0 Å². The van der Waals surface area contributed by atoms with E-state index < -0.39 is 5.82 Å². The van der Waals surface area contributed by atoms with Crippen molar-refractivity contribution in [3.05, 3.63) is 58.0 Å². The number of halogens is 1. The van der Waals surface area contributed by atoms with E-state index in [9.17, 15) is 14.0 Å². The van der Waals surface area contributed by atoms with E-state index in [0.29, 0.717) is 23.0 Å². The lowest BCUT2D eigenvalue weighted by molar-refractivity contribution is 0.0950. The normalized spacial score (nSPS) is 11.4. The zero-order chi connectivity index (χ0) is 18.7. The number of nitrogens with zero attached hydrogens (tertiary/aromatic N) is 1. The second-order valence-electron chi connectivity index (χ2n) is 6.13. The molecule has 0 bridgehead atoms. The zero-order valence-electron chi connectivity index (χ0n) is 14.9. The number of para-hydroxylation sites is 2. The molecule has 2 N–H and O–H groups in total. The number of pyridine rings is 1. The Kier molecular flexibility index (Phi) is 5.32. The first-order valence-corrected chi connectivity index (χ1v) is 8.80. The number of benzene rings is 2. The number of hydrogen-bond acceptors (Lipinski definition) is 3. The van der Waals surface area contributed by atoms with E-state index in [-0.39, 0.29) is 22.2 Å². The number of likely N-dealkylation sites (N-methyl/N-ethyl adjacent to an activating group) is 1. The van der Waals surface area contributed by atoms with Crippen molar-refractivity contribution in [3.63, 3.8) is 0 Å². The Morgan fingerprint density at radius 1 is 1.08 bits per heavy atom. The van der Waals surface area contributed by atoms with Crippen LogP contribution in [0.25, 0.3) is 21.8 Å². The molecule has 0 aliphatic rings. The molecule has 0 radical (unpaired) electrons. The number of aromatic amines is 1. The van der Waals surface area contributed by atoms with Crippen molar-refractivity contribution in [1.82, 2.24) is 15.2 Å². The molecule has 2 aromatic carbocycles. The van der Waals surface area contributed by atoms with E-state index in [0.717, 1.165) is 19.6 Å². The summed E-state index contributed by atoms with van der Waals surface area (Å²) in [5, 5.41) is 3.53. The Morgan fingerprint density at radius 2 is 1.73 bits per heavy atom. The highest BCUT2D eigenvalue weighted by molar-refractivity contribution is 6.07. The number of carbonyl (C=O) groups is 1.